The second-order valence-corrected chi connectivity index (χ2v) is 8.55. The molecule has 0 N–H and O–H groups in total. The fourth-order valence-electron chi connectivity index (χ4n) is 4.04. The van der Waals surface area contributed by atoms with Gasteiger partial charge in [-0.2, -0.15) is 0 Å². The summed E-state index contributed by atoms with van der Waals surface area (Å²) in [5.74, 6) is -0.922. The lowest BCUT2D eigenvalue weighted by molar-refractivity contribution is -0.209. The molecular formula is C19H22ClNO6. The number of aromatic nitrogens is 1. The number of benzene rings is 1. The van der Waals surface area contributed by atoms with Gasteiger partial charge in [0.1, 0.15) is 29.9 Å². The van der Waals surface area contributed by atoms with Crippen molar-refractivity contribution in [2.75, 3.05) is 6.61 Å². The Labute approximate surface area is 161 Å². The van der Waals surface area contributed by atoms with E-state index in [1.54, 1.807) is 18.2 Å². The summed E-state index contributed by atoms with van der Waals surface area (Å²) in [5, 5.41) is 0.603. The first-order valence-electron chi connectivity index (χ1n) is 9.10. The highest BCUT2D eigenvalue weighted by Crippen LogP contribution is 2.47. The van der Waals surface area contributed by atoms with Crippen LogP contribution in [0, 0.1) is 0 Å². The van der Waals surface area contributed by atoms with Crippen molar-refractivity contribution in [2.24, 2.45) is 0 Å². The summed E-state index contributed by atoms with van der Waals surface area (Å²) in [6.07, 6.45) is -1.75. The molecule has 27 heavy (non-hydrogen) atoms. The van der Waals surface area contributed by atoms with Crippen molar-refractivity contribution < 1.29 is 28.1 Å². The Kier molecular flexibility index (Phi) is 3.89. The molecule has 3 saturated heterocycles. The second-order valence-electron chi connectivity index (χ2n) is 8.12. The maximum Gasteiger partial charge on any atom is 0.227 e. The third-order valence-electron chi connectivity index (χ3n) is 5.10. The van der Waals surface area contributed by atoms with E-state index < -0.39 is 17.7 Å². The van der Waals surface area contributed by atoms with E-state index >= 15 is 0 Å². The van der Waals surface area contributed by atoms with Crippen LogP contribution in [0.3, 0.4) is 0 Å². The summed E-state index contributed by atoms with van der Waals surface area (Å²) in [7, 11) is 0. The van der Waals surface area contributed by atoms with Crippen LogP contribution in [-0.4, -0.2) is 47.6 Å². The molecular weight excluding hydrogens is 374 g/mol. The van der Waals surface area contributed by atoms with Crippen LogP contribution in [0.2, 0.25) is 5.02 Å². The van der Waals surface area contributed by atoms with E-state index in [4.69, 9.17) is 39.7 Å². The van der Waals surface area contributed by atoms with Gasteiger partial charge >= 0.3 is 0 Å². The Balaban J connectivity index is 1.48. The van der Waals surface area contributed by atoms with Crippen LogP contribution in [0.1, 0.15) is 39.7 Å². The smallest absolute Gasteiger partial charge is 0.227 e. The van der Waals surface area contributed by atoms with Crippen LogP contribution < -0.4 is 0 Å². The lowest BCUT2D eigenvalue weighted by Gasteiger charge is -2.26. The molecule has 3 aliphatic heterocycles. The van der Waals surface area contributed by atoms with E-state index in [2.05, 4.69) is 4.98 Å². The molecule has 4 heterocycles. The molecule has 8 heteroatoms. The SMILES string of the molecule is CC1(C)O[C@@H]2[C@H](O1)[C@@H](c1nc3cc(Cl)ccc3o1)O[C@@H]2[C@H]1COC(C)(C)O1. The lowest BCUT2D eigenvalue weighted by Crippen LogP contribution is -2.40. The average Bonchev–Trinajstić information content (AvgIpc) is 3.28. The molecule has 0 radical (unpaired) electrons. The van der Waals surface area contributed by atoms with E-state index in [1.165, 1.54) is 0 Å². The standard InChI is InChI=1S/C19H22ClNO6/c1-18(2)22-8-12(25-18)13-14-15(27-19(3,4)26-14)16(24-13)17-21-10-7-9(20)5-6-11(10)23-17/h5-7,12-16H,8H2,1-4H3/t12-,13-,14+,15+,16+/m1/s1. The fraction of sp³-hybridized carbons (Fsp3) is 0.632. The van der Waals surface area contributed by atoms with Crippen molar-refractivity contribution in [1.82, 2.24) is 4.98 Å². The summed E-state index contributed by atoms with van der Waals surface area (Å²) >= 11 is 6.06. The largest absolute Gasteiger partial charge is 0.438 e. The fourth-order valence-corrected chi connectivity index (χ4v) is 4.21. The molecule has 3 fully saturated rings. The highest BCUT2D eigenvalue weighted by atomic mass is 35.5. The summed E-state index contributed by atoms with van der Waals surface area (Å²) < 4.78 is 36.2. The third kappa shape index (κ3) is 3.06. The van der Waals surface area contributed by atoms with Gasteiger partial charge in [0.2, 0.25) is 5.89 Å². The van der Waals surface area contributed by atoms with Crippen molar-refractivity contribution in [1.29, 1.82) is 0 Å². The summed E-state index contributed by atoms with van der Waals surface area (Å²) in [5.41, 5.74) is 1.33. The molecule has 0 spiro atoms. The van der Waals surface area contributed by atoms with Gasteiger partial charge in [-0.3, -0.25) is 0 Å². The Bertz CT molecular complexity index is 880. The summed E-state index contributed by atoms with van der Waals surface area (Å²) in [4.78, 5) is 4.57. The Morgan fingerprint density at radius 3 is 2.52 bits per heavy atom. The van der Waals surface area contributed by atoms with E-state index in [9.17, 15) is 0 Å². The molecule has 5 rings (SSSR count). The van der Waals surface area contributed by atoms with Gasteiger partial charge in [0, 0.05) is 5.02 Å². The van der Waals surface area contributed by atoms with Crippen molar-refractivity contribution in [3.63, 3.8) is 0 Å². The van der Waals surface area contributed by atoms with Crippen LogP contribution in [0.4, 0.5) is 0 Å². The number of oxazole rings is 1. The van der Waals surface area contributed by atoms with Crippen LogP contribution in [0.5, 0.6) is 0 Å². The number of hydrogen-bond acceptors (Lipinski definition) is 7. The van der Waals surface area contributed by atoms with Gasteiger partial charge < -0.3 is 28.1 Å². The summed E-state index contributed by atoms with van der Waals surface area (Å²) in [6, 6.07) is 5.33. The molecule has 2 aromatic rings. The highest BCUT2D eigenvalue weighted by Gasteiger charge is 2.60. The molecule has 1 aromatic carbocycles. The monoisotopic (exact) mass is 395 g/mol. The molecule has 3 aliphatic rings. The molecule has 0 amide bonds. The molecule has 5 atom stereocenters. The molecule has 146 valence electrons. The normalized spacial score (nSPS) is 37.1. The Hall–Kier alpha value is -1.22. The number of fused-ring (bicyclic) bond motifs is 2. The van der Waals surface area contributed by atoms with E-state index in [1.807, 2.05) is 27.7 Å². The van der Waals surface area contributed by atoms with Crippen LogP contribution >= 0.6 is 11.6 Å². The van der Waals surface area contributed by atoms with E-state index in [0.29, 0.717) is 28.6 Å². The maximum absolute atomic E-state index is 6.30. The Morgan fingerprint density at radius 2 is 1.78 bits per heavy atom. The predicted molar refractivity (Wildman–Crippen MR) is 95.4 cm³/mol. The quantitative estimate of drug-likeness (QED) is 0.769. The minimum absolute atomic E-state index is 0.256. The first-order chi connectivity index (χ1) is 12.7. The molecule has 0 aliphatic carbocycles. The highest BCUT2D eigenvalue weighted by molar-refractivity contribution is 6.31. The van der Waals surface area contributed by atoms with Crippen molar-refractivity contribution in [3.05, 3.63) is 29.1 Å². The minimum Gasteiger partial charge on any atom is -0.438 e. The van der Waals surface area contributed by atoms with E-state index in [0.717, 1.165) is 0 Å². The van der Waals surface area contributed by atoms with Gasteiger partial charge in [0.05, 0.1) is 6.61 Å². The van der Waals surface area contributed by atoms with Crippen molar-refractivity contribution >= 4 is 22.7 Å². The van der Waals surface area contributed by atoms with Crippen LogP contribution in [-0.2, 0) is 23.7 Å². The molecule has 7 nitrogen and oxygen atoms in total. The number of halogens is 1. The zero-order chi connectivity index (χ0) is 19.0. The molecule has 1 aromatic heterocycles. The van der Waals surface area contributed by atoms with Crippen LogP contribution in [0.25, 0.3) is 11.1 Å². The lowest BCUT2D eigenvalue weighted by atomic mass is 10.0. The first-order valence-corrected chi connectivity index (χ1v) is 9.47. The molecule has 0 unspecified atom stereocenters. The van der Waals surface area contributed by atoms with E-state index in [-0.39, 0.29) is 24.4 Å². The second kappa shape index (κ2) is 5.89. The predicted octanol–water partition coefficient (Wildman–Crippen LogP) is 3.59. The topological polar surface area (TPSA) is 72.2 Å². The molecule has 0 saturated carbocycles. The van der Waals surface area contributed by atoms with Gasteiger partial charge in [-0.15, -0.1) is 0 Å². The zero-order valence-electron chi connectivity index (χ0n) is 15.6. The zero-order valence-corrected chi connectivity index (χ0v) is 16.4. The number of ether oxygens (including phenoxy) is 5. The number of rotatable bonds is 2. The first kappa shape index (κ1) is 17.8. The summed E-state index contributed by atoms with van der Waals surface area (Å²) in [6.45, 7) is 7.98. The molecule has 0 bridgehead atoms. The van der Waals surface area contributed by atoms with Gasteiger partial charge in [-0.1, -0.05) is 11.6 Å². The van der Waals surface area contributed by atoms with Gasteiger partial charge in [0.15, 0.2) is 23.3 Å². The minimum atomic E-state index is -0.722. The van der Waals surface area contributed by atoms with Crippen molar-refractivity contribution in [2.45, 2.75) is 69.8 Å². The Morgan fingerprint density at radius 1 is 1.00 bits per heavy atom. The van der Waals surface area contributed by atoms with Crippen molar-refractivity contribution in [3.8, 4) is 0 Å². The maximum atomic E-state index is 6.30. The average molecular weight is 396 g/mol. The third-order valence-corrected chi connectivity index (χ3v) is 5.33. The van der Waals surface area contributed by atoms with Gasteiger partial charge in [-0.05, 0) is 45.9 Å². The number of nitrogens with zero attached hydrogens (tertiary/aromatic N) is 1. The number of hydrogen-bond donors (Lipinski definition) is 0. The van der Waals surface area contributed by atoms with Crippen LogP contribution in [0.15, 0.2) is 22.6 Å². The van der Waals surface area contributed by atoms with Gasteiger partial charge in [-0.25, -0.2) is 4.98 Å². The van der Waals surface area contributed by atoms with Gasteiger partial charge in [0.25, 0.3) is 0 Å².